The van der Waals surface area contributed by atoms with Gasteiger partial charge >= 0.3 is 11.6 Å². The SMILES string of the molecule is CCC(C)C(NC(=O)CNC(=O)Cc1c(C)c2cc3c(C)coc3c(C)c2oc1=O)C(=O)NC(CSCc1ccccc1)C(=O)O. The summed E-state index contributed by atoms with van der Waals surface area (Å²) in [5, 5.41) is 19.0. The third-order valence-corrected chi connectivity index (χ3v) is 9.25. The molecule has 0 fully saturated rings. The minimum Gasteiger partial charge on any atom is -0.480 e. The van der Waals surface area contributed by atoms with Crippen molar-refractivity contribution in [2.24, 2.45) is 5.92 Å². The maximum atomic E-state index is 13.2. The van der Waals surface area contributed by atoms with Crippen molar-refractivity contribution in [1.29, 1.82) is 0 Å². The van der Waals surface area contributed by atoms with E-state index in [-0.39, 0.29) is 23.7 Å². The van der Waals surface area contributed by atoms with Gasteiger partial charge in [-0.15, -0.1) is 0 Å². The van der Waals surface area contributed by atoms with E-state index in [1.54, 1.807) is 27.0 Å². The number of thioether (sulfide) groups is 1. The molecule has 0 bridgehead atoms. The topological polar surface area (TPSA) is 168 Å². The molecule has 4 rings (SSSR count). The molecule has 4 aromatic rings. The number of carboxylic acids is 1. The van der Waals surface area contributed by atoms with Gasteiger partial charge in [0.25, 0.3) is 0 Å². The summed E-state index contributed by atoms with van der Waals surface area (Å²) in [6.45, 7) is 8.64. The first kappa shape index (κ1) is 34.3. The van der Waals surface area contributed by atoms with Crippen molar-refractivity contribution in [3.63, 3.8) is 0 Å². The minimum absolute atomic E-state index is 0.140. The number of fused-ring (bicyclic) bond motifs is 2. The van der Waals surface area contributed by atoms with Gasteiger partial charge in [0.1, 0.15) is 23.2 Å². The van der Waals surface area contributed by atoms with Gasteiger partial charge in [0, 0.05) is 27.8 Å². The van der Waals surface area contributed by atoms with Crippen molar-refractivity contribution < 1.29 is 33.1 Å². The molecule has 2 aromatic heterocycles. The van der Waals surface area contributed by atoms with Gasteiger partial charge in [0.05, 0.1) is 24.8 Å². The number of furan rings is 1. The molecule has 244 valence electrons. The zero-order valence-corrected chi connectivity index (χ0v) is 27.3. The Morgan fingerprint density at radius 1 is 0.957 bits per heavy atom. The van der Waals surface area contributed by atoms with Crippen LogP contribution in [-0.2, 0) is 31.4 Å². The van der Waals surface area contributed by atoms with E-state index >= 15 is 0 Å². The first-order valence-electron chi connectivity index (χ1n) is 15.1. The molecule has 0 radical (unpaired) electrons. The Kier molecular flexibility index (Phi) is 11.3. The van der Waals surface area contributed by atoms with Crippen LogP contribution in [0.25, 0.3) is 21.9 Å². The quantitative estimate of drug-likeness (QED) is 0.147. The molecule has 46 heavy (non-hydrogen) atoms. The Morgan fingerprint density at radius 3 is 2.35 bits per heavy atom. The maximum absolute atomic E-state index is 13.2. The smallest absolute Gasteiger partial charge is 0.340 e. The predicted octanol–water partition coefficient (Wildman–Crippen LogP) is 4.16. The van der Waals surface area contributed by atoms with Gasteiger partial charge < -0.3 is 29.9 Å². The molecule has 12 heteroatoms. The molecule has 11 nitrogen and oxygen atoms in total. The number of hydrogen-bond donors (Lipinski definition) is 4. The van der Waals surface area contributed by atoms with Crippen molar-refractivity contribution in [3.8, 4) is 0 Å². The third-order valence-electron chi connectivity index (χ3n) is 8.14. The number of rotatable bonds is 14. The zero-order chi connectivity index (χ0) is 33.5. The first-order valence-corrected chi connectivity index (χ1v) is 16.2. The second-order valence-electron chi connectivity index (χ2n) is 11.5. The van der Waals surface area contributed by atoms with Gasteiger partial charge in [-0.1, -0.05) is 50.6 Å². The number of nitrogens with one attached hydrogen (secondary N) is 3. The van der Waals surface area contributed by atoms with Crippen LogP contribution in [0.1, 0.15) is 48.1 Å². The molecule has 2 heterocycles. The van der Waals surface area contributed by atoms with Crippen LogP contribution in [0.3, 0.4) is 0 Å². The lowest BCUT2D eigenvalue weighted by Crippen LogP contribution is -2.56. The Bertz CT molecular complexity index is 1810. The van der Waals surface area contributed by atoms with Crippen LogP contribution < -0.4 is 21.6 Å². The molecule has 0 aliphatic carbocycles. The maximum Gasteiger partial charge on any atom is 0.340 e. The average Bonchev–Trinajstić information content (AvgIpc) is 3.41. The van der Waals surface area contributed by atoms with Crippen molar-refractivity contribution in [2.75, 3.05) is 12.3 Å². The standard InChI is InChI=1S/C34H39N3O8S/c1-6-18(2)29(32(40)36-26(33(41)42)17-46-16-22-10-8-7-9-11-22)37-28(39)14-35-27(38)13-25-20(4)24-12-23-19(3)15-44-30(23)21(5)31(24)45-34(25)43/h7-12,15,18,26,29H,6,13-14,16-17H2,1-5H3,(H,35,38)(H,36,40)(H,37,39)(H,41,42). The van der Waals surface area contributed by atoms with Crippen LogP contribution in [0.5, 0.6) is 0 Å². The Balaban J connectivity index is 1.37. The summed E-state index contributed by atoms with van der Waals surface area (Å²) in [5.74, 6) is -2.60. The summed E-state index contributed by atoms with van der Waals surface area (Å²) in [6, 6.07) is 9.27. The number of carbonyl (C=O) groups is 4. The molecular formula is C34H39N3O8S. The minimum atomic E-state index is -1.18. The van der Waals surface area contributed by atoms with Gasteiger partial charge in [-0.25, -0.2) is 9.59 Å². The van der Waals surface area contributed by atoms with Crippen molar-refractivity contribution in [1.82, 2.24) is 16.0 Å². The molecule has 3 amide bonds. The fourth-order valence-electron chi connectivity index (χ4n) is 5.16. The number of aliphatic carboxylic acids is 1. The summed E-state index contributed by atoms with van der Waals surface area (Å²) >= 11 is 1.38. The van der Waals surface area contributed by atoms with Crippen molar-refractivity contribution in [3.05, 3.63) is 80.9 Å². The molecule has 0 aliphatic heterocycles. The molecule has 3 atom stereocenters. The normalized spacial score (nSPS) is 13.2. The molecule has 3 unspecified atom stereocenters. The fraction of sp³-hybridized carbons (Fsp3) is 0.382. The van der Waals surface area contributed by atoms with E-state index in [2.05, 4.69) is 16.0 Å². The summed E-state index contributed by atoms with van der Waals surface area (Å²) in [4.78, 5) is 63.6. The van der Waals surface area contributed by atoms with Gasteiger partial charge in [0.15, 0.2) is 0 Å². The highest BCUT2D eigenvalue weighted by atomic mass is 32.2. The monoisotopic (exact) mass is 649 g/mol. The van der Waals surface area contributed by atoms with E-state index in [1.165, 1.54) is 11.8 Å². The number of hydrogen-bond acceptors (Lipinski definition) is 8. The second-order valence-corrected chi connectivity index (χ2v) is 12.5. The number of carbonyl (C=O) groups excluding carboxylic acids is 3. The van der Waals surface area contributed by atoms with Crippen LogP contribution in [-0.4, -0.2) is 53.2 Å². The van der Waals surface area contributed by atoms with Crippen LogP contribution in [0.2, 0.25) is 0 Å². The van der Waals surface area contributed by atoms with E-state index in [9.17, 15) is 29.1 Å². The van der Waals surface area contributed by atoms with Crippen LogP contribution >= 0.6 is 11.8 Å². The fourth-order valence-corrected chi connectivity index (χ4v) is 6.16. The highest BCUT2D eigenvalue weighted by molar-refractivity contribution is 7.98. The lowest BCUT2D eigenvalue weighted by atomic mass is 9.98. The van der Waals surface area contributed by atoms with Crippen LogP contribution in [0.15, 0.2) is 56.3 Å². The first-order chi connectivity index (χ1) is 21.9. The van der Waals surface area contributed by atoms with Gasteiger partial charge in [-0.05, 0) is 49.4 Å². The largest absolute Gasteiger partial charge is 0.480 e. The average molecular weight is 650 g/mol. The zero-order valence-electron chi connectivity index (χ0n) is 26.5. The van der Waals surface area contributed by atoms with Crippen molar-refractivity contribution in [2.45, 2.75) is 65.3 Å². The van der Waals surface area contributed by atoms with E-state index in [4.69, 9.17) is 8.83 Å². The molecule has 0 aliphatic rings. The highest BCUT2D eigenvalue weighted by Crippen LogP contribution is 2.32. The highest BCUT2D eigenvalue weighted by Gasteiger charge is 2.30. The summed E-state index contributed by atoms with van der Waals surface area (Å²) in [5.41, 5.74) is 3.80. The Labute approximate surface area is 270 Å². The van der Waals surface area contributed by atoms with Crippen LogP contribution in [0.4, 0.5) is 0 Å². The lowest BCUT2D eigenvalue weighted by Gasteiger charge is -2.25. The Morgan fingerprint density at radius 2 is 1.67 bits per heavy atom. The third kappa shape index (κ3) is 7.97. The van der Waals surface area contributed by atoms with Gasteiger partial charge in [-0.3, -0.25) is 14.4 Å². The molecule has 0 spiro atoms. The van der Waals surface area contributed by atoms with E-state index in [1.807, 2.05) is 50.2 Å². The number of benzene rings is 2. The number of aryl methyl sites for hydroxylation is 3. The van der Waals surface area contributed by atoms with E-state index in [0.717, 1.165) is 16.5 Å². The molecule has 2 aromatic carbocycles. The second kappa shape index (κ2) is 15.1. The van der Waals surface area contributed by atoms with E-state index < -0.39 is 47.9 Å². The summed E-state index contributed by atoms with van der Waals surface area (Å²) < 4.78 is 11.2. The van der Waals surface area contributed by atoms with Crippen molar-refractivity contribution >= 4 is 57.4 Å². The molecule has 0 saturated carbocycles. The van der Waals surface area contributed by atoms with Gasteiger partial charge in [-0.2, -0.15) is 11.8 Å². The number of carboxylic acid groups (broad SMARTS) is 1. The van der Waals surface area contributed by atoms with Gasteiger partial charge in [0.2, 0.25) is 17.7 Å². The van der Waals surface area contributed by atoms with Crippen LogP contribution in [0, 0.1) is 26.7 Å². The molecule has 0 saturated heterocycles. The molecule has 4 N–H and O–H groups in total. The Hall–Kier alpha value is -4.58. The van der Waals surface area contributed by atoms with E-state index in [0.29, 0.717) is 39.9 Å². The predicted molar refractivity (Wildman–Crippen MR) is 177 cm³/mol. The molecular weight excluding hydrogens is 610 g/mol. The summed E-state index contributed by atoms with van der Waals surface area (Å²) in [7, 11) is 0. The summed E-state index contributed by atoms with van der Waals surface area (Å²) in [6.07, 6.45) is 1.86. The lowest BCUT2D eigenvalue weighted by molar-refractivity contribution is -0.141. The number of amides is 3.